The maximum Gasteiger partial charge on any atom is 0.225 e. The molecule has 0 spiro atoms. The van der Waals surface area contributed by atoms with E-state index < -0.39 is 0 Å². The summed E-state index contributed by atoms with van der Waals surface area (Å²) >= 11 is 0. The minimum atomic E-state index is 0.141. The molecule has 1 aromatic carbocycles. The van der Waals surface area contributed by atoms with Crippen LogP contribution in [0.5, 0.6) is 0 Å². The highest BCUT2D eigenvalue weighted by atomic mass is 16.2. The van der Waals surface area contributed by atoms with E-state index in [4.69, 9.17) is 5.73 Å². The van der Waals surface area contributed by atoms with E-state index in [1.54, 1.807) is 12.4 Å². The van der Waals surface area contributed by atoms with Gasteiger partial charge in [-0.15, -0.1) is 0 Å². The van der Waals surface area contributed by atoms with Crippen molar-refractivity contribution in [3.63, 3.8) is 0 Å². The molecule has 2 N–H and O–H groups in total. The van der Waals surface area contributed by atoms with Gasteiger partial charge in [-0.2, -0.15) is 0 Å². The Morgan fingerprint density at radius 1 is 1.03 bits per heavy atom. The number of aryl methyl sites for hydroxylation is 1. The molecule has 2 aromatic heterocycles. The molecule has 0 aliphatic carbocycles. The van der Waals surface area contributed by atoms with Gasteiger partial charge in [0.25, 0.3) is 0 Å². The van der Waals surface area contributed by atoms with Crippen LogP contribution >= 0.6 is 0 Å². The molecule has 0 bridgehead atoms. The number of benzene rings is 1. The second-order valence-corrected chi connectivity index (χ2v) is 9.20. The van der Waals surface area contributed by atoms with Crippen LogP contribution in [0.1, 0.15) is 42.9 Å². The third-order valence-electron chi connectivity index (χ3n) is 6.97. The molecule has 0 unspecified atom stereocenters. The zero-order chi connectivity index (χ0) is 22.1. The highest BCUT2D eigenvalue weighted by Gasteiger charge is 2.31. The van der Waals surface area contributed by atoms with E-state index in [9.17, 15) is 4.79 Å². The number of likely N-dealkylation sites (tertiary alicyclic amines) is 2. The molecular weight excluding hydrogens is 402 g/mol. The number of carbonyl (C=O) groups excluding carboxylic acids is 1. The Morgan fingerprint density at radius 2 is 1.75 bits per heavy atom. The van der Waals surface area contributed by atoms with Crippen LogP contribution < -0.4 is 5.73 Å². The number of rotatable bonds is 4. The van der Waals surface area contributed by atoms with Crippen LogP contribution in [-0.4, -0.2) is 61.4 Å². The smallest absolute Gasteiger partial charge is 0.225 e. The van der Waals surface area contributed by atoms with E-state index in [0.717, 1.165) is 69.5 Å². The number of nitrogens with zero attached hydrogens (tertiary/aromatic N) is 6. The summed E-state index contributed by atoms with van der Waals surface area (Å²) in [5.74, 6) is 0.783. The lowest BCUT2D eigenvalue weighted by Crippen LogP contribution is -2.45. The number of hydrogen-bond acceptors (Lipinski definition) is 6. The molecule has 0 saturated carbocycles. The normalized spacial score (nSPS) is 19.0. The van der Waals surface area contributed by atoms with Gasteiger partial charge in [-0.1, -0.05) is 6.07 Å². The molecule has 2 aliphatic heterocycles. The molecule has 168 valence electrons. The number of fused-ring (bicyclic) bond motifs is 1. The molecule has 2 fully saturated rings. The number of anilines is 1. The Balaban J connectivity index is 1.13. The van der Waals surface area contributed by atoms with E-state index >= 15 is 0 Å². The van der Waals surface area contributed by atoms with E-state index in [-0.39, 0.29) is 5.92 Å². The Kier molecular flexibility index (Phi) is 5.78. The molecule has 5 rings (SSSR count). The monoisotopic (exact) mass is 433 g/mol. The van der Waals surface area contributed by atoms with Gasteiger partial charge in [0.05, 0.1) is 17.4 Å². The second kappa shape index (κ2) is 8.86. The number of hydrogen-bond donors (Lipinski definition) is 1. The van der Waals surface area contributed by atoms with Crippen molar-refractivity contribution in [3.05, 3.63) is 48.0 Å². The number of carbonyl (C=O) groups is 1. The molecule has 2 aliphatic rings. The third kappa shape index (κ3) is 4.32. The van der Waals surface area contributed by atoms with Gasteiger partial charge in [0, 0.05) is 49.6 Å². The molecular formula is C24H31N7O. The molecule has 0 atom stereocenters. The van der Waals surface area contributed by atoms with E-state index in [0.29, 0.717) is 17.9 Å². The summed E-state index contributed by atoms with van der Waals surface area (Å²) in [7, 11) is 0. The molecule has 2 saturated heterocycles. The Bertz CT molecular complexity index is 1080. The van der Waals surface area contributed by atoms with Crippen LogP contribution in [0.4, 0.5) is 5.95 Å². The van der Waals surface area contributed by atoms with Crippen molar-refractivity contribution in [1.29, 1.82) is 0 Å². The number of aromatic nitrogens is 4. The average Bonchev–Trinajstić information content (AvgIpc) is 3.24. The summed E-state index contributed by atoms with van der Waals surface area (Å²) in [4.78, 5) is 30.3. The van der Waals surface area contributed by atoms with Crippen molar-refractivity contribution in [2.75, 3.05) is 31.9 Å². The second-order valence-electron chi connectivity index (χ2n) is 9.20. The highest BCUT2D eigenvalue weighted by Crippen LogP contribution is 2.29. The first-order chi connectivity index (χ1) is 15.6. The summed E-state index contributed by atoms with van der Waals surface area (Å²) in [6.45, 7) is 6.43. The molecule has 0 radical (unpaired) electrons. The van der Waals surface area contributed by atoms with Gasteiger partial charge in [-0.05, 0) is 63.4 Å². The fourth-order valence-corrected chi connectivity index (χ4v) is 5.10. The van der Waals surface area contributed by atoms with Crippen LogP contribution in [0.3, 0.4) is 0 Å². The maximum atomic E-state index is 13.2. The third-order valence-corrected chi connectivity index (χ3v) is 6.97. The first-order valence-electron chi connectivity index (χ1n) is 11.6. The summed E-state index contributed by atoms with van der Waals surface area (Å²) in [5.41, 5.74) is 10.1. The first kappa shape index (κ1) is 20.9. The number of amides is 1. The fraction of sp³-hybridized carbons (Fsp3) is 0.500. The van der Waals surface area contributed by atoms with Crippen molar-refractivity contribution in [1.82, 2.24) is 29.3 Å². The zero-order valence-electron chi connectivity index (χ0n) is 18.7. The van der Waals surface area contributed by atoms with Gasteiger partial charge >= 0.3 is 0 Å². The maximum absolute atomic E-state index is 13.2. The highest BCUT2D eigenvalue weighted by molar-refractivity contribution is 5.79. The van der Waals surface area contributed by atoms with Gasteiger partial charge < -0.3 is 15.2 Å². The zero-order valence-corrected chi connectivity index (χ0v) is 18.7. The lowest BCUT2D eigenvalue weighted by atomic mass is 9.93. The minimum absolute atomic E-state index is 0.141. The van der Waals surface area contributed by atoms with Gasteiger partial charge in [0.1, 0.15) is 0 Å². The van der Waals surface area contributed by atoms with Crippen molar-refractivity contribution in [2.45, 2.75) is 45.2 Å². The lowest BCUT2D eigenvalue weighted by Gasteiger charge is -2.37. The fourth-order valence-electron chi connectivity index (χ4n) is 5.10. The molecule has 4 heterocycles. The van der Waals surface area contributed by atoms with Gasteiger partial charge in [-0.3, -0.25) is 9.69 Å². The predicted molar refractivity (Wildman–Crippen MR) is 124 cm³/mol. The topological polar surface area (TPSA) is 93.2 Å². The van der Waals surface area contributed by atoms with E-state index in [2.05, 4.69) is 54.4 Å². The molecule has 3 aromatic rings. The van der Waals surface area contributed by atoms with Crippen molar-refractivity contribution in [2.24, 2.45) is 5.92 Å². The van der Waals surface area contributed by atoms with E-state index in [1.807, 2.05) is 6.33 Å². The molecule has 8 nitrogen and oxygen atoms in total. The lowest BCUT2D eigenvalue weighted by molar-refractivity contribution is -0.138. The van der Waals surface area contributed by atoms with Crippen molar-refractivity contribution in [3.8, 4) is 0 Å². The van der Waals surface area contributed by atoms with Gasteiger partial charge in [-0.25, -0.2) is 15.0 Å². The van der Waals surface area contributed by atoms with Gasteiger partial charge in [0.2, 0.25) is 11.9 Å². The first-order valence-corrected chi connectivity index (χ1v) is 11.6. The Morgan fingerprint density at radius 3 is 2.47 bits per heavy atom. The Hall–Kier alpha value is -3.00. The van der Waals surface area contributed by atoms with E-state index in [1.165, 1.54) is 11.1 Å². The van der Waals surface area contributed by atoms with Crippen LogP contribution in [0.2, 0.25) is 0 Å². The van der Waals surface area contributed by atoms with Crippen molar-refractivity contribution >= 4 is 22.9 Å². The summed E-state index contributed by atoms with van der Waals surface area (Å²) < 4.78 is 2.30. The standard InChI is InChI=1S/C24H31N7O/c1-17-2-3-22-21(12-17)28-16-31(22)20-6-10-30(11-7-20)23(32)19-4-8-29(9-5-19)15-18-13-26-24(25)27-14-18/h2-3,12-14,16,19-20H,4-11,15H2,1H3,(H2,25,26,27). The minimum Gasteiger partial charge on any atom is -0.368 e. The van der Waals surface area contributed by atoms with Gasteiger partial charge in [0.15, 0.2) is 0 Å². The summed E-state index contributed by atoms with van der Waals surface area (Å²) in [5, 5.41) is 0. The number of nitrogens with two attached hydrogens (primary N) is 1. The SMILES string of the molecule is Cc1ccc2c(c1)ncn2C1CCN(C(=O)C2CCN(Cc3cnc(N)nc3)CC2)CC1. The quantitative estimate of drug-likeness (QED) is 0.680. The van der Waals surface area contributed by atoms with Crippen LogP contribution in [0.25, 0.3) is 11.0 Å². The average molecular weight is 434 g/mol. The van der Waals surface area contributed by atoms with Crippen LogP contribution in [0.15, 0.2) is 36.9 Å². The molecule has 1 amide bonds. The summed E-state index contributed by atoms with van der Waals surface area (Å²) in [6, 6.07) is 6.86. The number of nitrogen functional groups attached to an aromatic ring is 1. The predicted octanol–water partition coefficient (Wildman–Crippen LogP) is 2.79. The molecule has 32 heavy (non-hydrogen) atoms. The van der Waals surface area contributed by atoms with Crippen LogP contribution in [-0.2, 0) is 11.3 Å². The summed E-state index contributed by atoms with van der Waals surface area (Å²) in [6.07, 6.45) is 9.35. The number of piperidine rings is 2. The molecule has 8 heteroatoms. The number of imidazole rings is 1. The van der Waals surface area contributed by atoms with Crippen molar-refractivity contribution < 1.29 is 4.79 Å². The largest absolute Gasteiger partial charge is 0.368 e. The Labute approximate surface area is 188 Å². The van der Waals surface area contributed by atoms with Crippen LogP contribution in [0, 0.1) is 12.8 Å².